The summed E-state index contributed by atoms with van der Waals surface area (Å²) < 4.78 is 23.4. The van der Waals surface area contributed by atoms with Crippen LogP contribution >= 0.6 is 0 Å². The molecule has 30 heavy (non-hydrogen) atoms. The molecule has 0 fully saturated rings. The van der Waals surface area contributed by atoms with E-state index in [2.05, 4.69) is 10.5 Å². The van der Waals surface area contributed by atoms with E-state index < -0.39 is 11.9 Å². The summed E-state index contributed by atoms with van der Waals surface area (Å²) in [7, 11) is 0. The number of hydrogen-bond donors (Lipinski definition) is 1. The fourth-order valence-electron chi connectivity index (χ4n) is 2.45. The highest BCUT2D eigenvalue weighted by Crippen LogP contribution is 2.14. The molecule has 0 aliphatic carbocycles. The van der Waals surface area contributed by atoms with Crippen LogP contribution < -0.4 is 14.9 Å². The second-order valence-electron chi connectivity index (χ2n) is 6.36. The number of halogens is 1. The van der Waals surface area contributed by atoms with Crippen LogP contribution in [0.15, 0.2) is 77.9 Å². The number of hydrogen-bond acceptors (Lipinski definition) is 5. The first-order valence-corrected chi connectivity index (χ1v) is 9.09. The standard InChI is InChI=1S/C23H19FN2O4/c1-16-3-2-4-18(13-16)23(28)30-21-9-5-17(6-10-21)14-25-26-22(27)15-29-20-11-7-19(24)8-12-20/h2-14H,15H2,1H3,(H,26,27). The number of nitrogens with zero attached hydrogens (tertiary/aromatic N) is 1. The van der Waals surface area contributed by atoms with Gasteiger partial charge < -0.3 is 9.47 Å². The van der Waals surface area contributed by atoms with Crippen molar-refractivity contribution < 1.29 is 23.5 Å². The number of aryl methyl sites for hydroxylation is 1. The predicted molar refractivity (Wildman–Crippen MR) is 110 cm³/mol. The largest absolute Gasteiger partial charge is 0.484 e. The molecule has 6 nitrogen and oxygen atoms in total. The van der Waals surface area contributed by atoms with E-state index in [0.29, 0.717) is 22.6 Å². The van der Waals surface area contributed by atoms with Gasteiger partial charge in [-0.25, -0.2) is 14.6 Å². The molecule has 152 valence electrons. The maximum absolute atomic E-state index is 12.8. The highest BCUT2D eigenvalue weighted by Gasteiger charge is 2.08. The lowest BCUT2D eigenvalue weighted by molar-refractivity contribution is -0.123. The number of carbonyl (C=O) groups excluding carboxylic acids is 2. The van der Waals surface area contributed by atoms with E-state index in [1.165, 1.54) is 30.5 Å². The Bertz CT molecular complexity index is 1050. The van der Waals surface area contributed by atoms with Gasteiger partial charge in [-0.15, -0.1) is 0 Å². The lowest BCUT2D eigenvalue weighted by Gasteiger charge is -2.05. The van der Waals surface area contributed by atoms with Crippen molar-refractivity contribution in [1.29, 1.82) is 0 Å². The molecular weight excluding hydrogens is 387 g/mol. The first-order valence-electron chi connectivity index (χ1n) is 9.09. The van der Waals surface area contributed by atoms with Crippen molar-refractivity contribution in [3.05, 3.63) is 95.3 Å². The van der Waals surface area contributed by atoms with Gasteiger partial charge in [-0.1, -0.05) is 17.7 Å². The first-order chi connectivity index (χ1) is 14.5. The van der Waals surface area contributed by atoms with E-state index in [9.17, 15) is 14.0 Å². The van der Waals surface area contributed by atoms with Crippen molar-refractivity contribution in [2.24, 2.45) is 5.10 Å². The third kappa shape index (κ3) is 6.27. The minimum Gasteiger partial charge on any atom is -0.484 e. The van der Waals surface area contributed by atoms with Crippen molar-refractivity contribution in [3.63, 3.8) is 0 Å². The predicted octanol–water partition coefficient (Wildman–Crippen LogP) is 3.88. The normalized spacial score (nSPS) is 10.6. The average molecular weight is 406 g/mol. The van der Waals surface area contributed by atoms with E-state index in [0.717, 1.165) is 5.56 Å². The molecule has 0 heterocycles. The second kappa shape index (κ2) is 9.97. The third-order valence-corrected chi connectivity index (χ3v) is 3.93. The summed E-state index contributed by atoms with van der Waals surface area (Å²) in [5.41, 5.74) is 4.48. The minimum atomic E-state index is -0.459. The molecule has 0 spiro atoms. The number of amides is 1. The molecule has 0 bridgehead atoms. The average Bonchev–Trinajstić information content (AvgIpc) is 2.74. The molecule has 1 N–H and O–H groups in total. The maximum atomic E-state index is 12.8. The molecule has 3 rings (SSSR count). The van der Waals surface area contributed by atoms with Gasteiger partial charge in [-0.2, -0.15) is 5.10 Å². The Morgan fingerprint density at radius 3 is 2.40 bits per heavy atom. The van der Waals surface area contributed by atoms with Crippen molar-refractivity contribution in [2.45, 2.75) is 6.92 Å². The summed E-state index contributed by atoms with van der Waals surface area (Å²) in [6.45, 7) is 1.65. The zero-order valence-electron chi connectivity index (χ0n) is 16.2. The molecule has 0 aliphatic rings. The van der Waals surface area contributed by atoms with Gasteiger partial charge in [-0.05, 0) is 73.2 Å². The Hall–Kier alpha value is -4.00. The van der Waals surface area contributed by atoms with E-state index in [4.69, 9.17) is 9.47 Å². The van der Waals surface area contributed by atoms with Crippen molar-refractivity contribution >= 4 is 18.1 Å². The second-order valence-corrected chi connectivity index (χ2v) is 6.36. The molecule has 7 heteroatoms. The van der Waals surface area contributed by atoms with E-state index in [-0.39, 0.29) is 12.4 Å². The fourth-order valence-corrected chi connectivity index (χ4v) is 2.45. The van der Waals surface area contributed by atoms with Crippen LogP contribution in [-0.2, 0) is 4.79 Å². The van der Waals surface area contributed by atoms with Crippen molar-refractivity contribution in [2.75, 3.05) is 6.61 Å². The van der Waals surface area contributed by atoms with Crippen LogP contribution in [0.4, 0.5) is 4.39 Å². The van der Waals surface area contributed by atoms with E-state index in [1.54, 1.807) is 42.5 Å². The van der Waals surface area contributed by atoms with Crippen LogP contribution in [0.1, 0.15) is 21.5 Å². The summed E-state index contributed by atoms with van der Waals surface area (Å²) >= 11 is 0. The Labute approximate surface area is 173 Å². The molecule has 0 aromatic heterocycles. The van der Waals surface area contributed by atoms with Gasteiger partial charge in [0.2, 0.25) is 0 Å². The summed E-state index contributed by atoms with van der Waals surface area (Å²) in [5.74, 6) is -0.498. The zero-order valence-corrected chi connectivity index (χ0v) is 16.2. The Balaban J connectivity index is 1.46. The SMILES string of the molecule is Cc1cccc(C(=O)Oc2ccc(C=NNC(=O)COc3ccc(F)cc3)cc2)c1. The first kappa shape index (κ1) is 20.7. The molecule has 0 unspecified atom stereocenters. The van der Waals surface area contributed by atoms with Crippen molar-refractivity contribution in [1.82, 2.24) is 5.43 Å². The highest BCUT2D eigenvalue weighted by molar-refractivity contribution is 5.91. The summed E-state index contributed by atoms with van der Waals surface area (Å²) in [4.78, 5) is 23.9. The molecule has 0 atom stereocenters. The monoisotopic (exact) mass is 406 g/mol. The topological polar surface area (TPSA) is 77.0 Å². The Morgan fingerprint density at radius 1 is 1.00 bits per heavy atom. The molecule has 1 amide bonds. The number of carbonyl (C=O) groups is 2. The van der Waals surface area contributed by atoms with Crippen LogP contribution in [0.5, 0.6) is 11.5 Å². The van der Waals surface area contributed by atoms with Crippen molar-refractivity contribution in [3.8, 4) is 11.5 Å². The summed E-state index contributed by atoms with van der Waals surface area (Å²) in [6.07, 6.45) is 1.45. The van der Waals surface area contributed by atoms with Crippen LogP contribution in [0.3, 0.4) is 0 Å². The lowest BCUT2D eigenvalue weighted by Crippen LogP contribution is -2.24. The van der Waals surface area contributed by atoms with Crippen LogP contribution in [0.25, 0.3) is 0 Å². The molecule has 0 saturated heterocycles. The fraction of sp³-hybridized carbons (Fsp3) is 0.0870. The maximum Gasteiger partial charge on any atom is 0.343 e. The van der Waals surface area contributed by atoms with Gasteiger partial charge in [0.1, 0.15) is 17.3 Å². The van der Waals surface area contributed by atoms with Gasteiger partial charge >= 0.3 is 5.97 Å². The van der Waals surface area contributed by atoms with E-state index in [1.807, 2.05) is 13.0 Å². The van der Waals surface area contributed by atoms with Gasteiger partial charge in [0.05, 0.1) is 11.8 Å². The van der Waals surface area contributed by atoms with Crippen LogP contribution in [-0.4, -0.2) is 24.7 Å². The number of esters is 1. The summed E-state index contributed by atoms with van der Waals surface area (Å²) in [6, 6.07) is 19.2. The smallest absolute Gasteiger partial charge is 0.343 e. The molecule has 0 saturated carbocycles. The molecule has 0 aliphatic heterocycles. The van der Waals surface area contributed by atoms with Gasteiger partial charge in [0.15, 0.2) is 6.61 Å². The van der Waals surface area contributed by atoms with E-state index >= 15 is 0 Å². The number of nitrogens with one attached hydrogen (secondary N) is 1. The molecular formula is C23H19FN2O4. The lowest BCUT2D eigenvalue weighted by atomic mass is 10.1. The molecule has 3 aromatic carbocycles. The molecule has 3 aromatic rings. The quantitative estimate of drug-likeness (QED) is 0.280. The number of benzene rings is 3. The van der Waals surface area contributed by atoms with Crippen LogP contribution in [0, 0.1) is 12.7 Å². The van der Waals surface area contributed by atoms with Crippen LogP contribution in [0.2, 0.25) is 0 Å². The van der Waals surface area contributed by atoms with Gasteiger partial charge in [0, 0.05) is 0 Å². The number of rotatable bonds is 7. The van der Waals surface area contributed by atoms with Gasteiger partial charge in [0.25, 0.3) is 5.91 Å². The minimum absolute atomic E-state index is 0.253. The Morgan fingerprint density at radius 2 is 1.70 bits per heavy atom. The molecule has 0 radical (unpaired) electrons. The summed E-state index contributed by atoms with van der Waals surface area (Å²) in [5, 5.41) is 3.84. The number of ether oxygens (including phenoxy) is 2. The highest BCUT2D eigenvalue weighted by atomic mass is 19.1. The van der Waals surface area contributed by atoms with Gasteiger partial charge in [-0.3, -0.25) is 4.79 Å². The zero-order chi connectivity index (χ0) is 21.3. The Kier molecular flexibility index (Phi) is 6.89. The third-order valence-electron chi connectivity index (χ3n) is 3.93. The number of hydrazone groups is 1.